The molecule has 1 saturated heterocycles. The van der Waals surface area contributed by atoms with Crippen molar-refractivity contribution in [2.45, 2.75) is 57.3 Å². The zero-order chi connectivity index (χ0) is 20.1. The molecule has 0 unspecified atom stereocenters. The minimum Gasteiger partial charge on any atom is -0.507 e. The van der Waals surface area contributed by atoms with E-state index in [9.17, 15) is 14.7 Å². The number of Topliss-reactive ketones (excluding diaryl/α,β-unsaturated/α-hetero) is 2. The zero-order valence-corrected chi connectivity index (χ0v) is 16.5. The van der Waals surface area contributed by atoms with Crippen LogP contribution in [0.2, 0.25) is 0 Å². The van der Waals surface area contributed by atoms with Crippen LogP contribution in [-0.4, -0.2) is 33.5 Å². The molecular weight excluding hydrogens is 356 g/mol. The predicted molar refractivity (Wildman–Crippen MR) is 102 cm³/mol. The molecule has 3 aliphatic carbocycles. The van der Waals surface area contributed by atoms with Crippen LogP contribution in [0.5, 0.6) is 11.5 Å². The summed E-state index contributed by atoms with van der Waals surface area (Å²) in [5.41, 5.74) is -1.29. The number of carbonyl (C=O) groups is 2. The first-order valence-corrected chi connectivity index (χ1v) is 9.80. The number of fused-ring (bicyclic) bond motifs is 1. The third-order valence-corrected chi connectivity index (χ3v) is 6.90. The van der Waals surface area contributed by atoms with E-state index in [0.717, 1.165) is 5.57 Å². The van der Waals surface area contributed by atoms with Gasteiger partial charge in [0.25, 0.3) is 0 Å². The fourth-order valence-electron chi connectivity index (χ4n) is 5.82. The van der Waals surface area contributed by atoms with Crippen molar-refractivity contribution in [2.24, 2.45) is 11.8 Å². The molecule has 4 bridgehead atoms. The molecule has 2 fully saturated rings. The lowest BCUT2D eigenvalue weighted by molar-refractivity contribution is -0.171. The molecule has 1 N–H and O–H groups in total. The van der Waals surface area contributed by atoms with Crippen LogP contribution in [0.1, 0.15) is 50.9 Å². The van der Waals surface area contributed by atoms with E-state index in [0.29, 0.717) is 24.2 Å². The van der Waals surface area contributed by atoms with Gasteiger partial charge in [-0.15, -0.1) is 0 Å². The lowest BCUT2D eigenvalue weighted by Crippen LogP contribution is -2.72. The zero-order valence-electron chi connectivity index (χ0n) is 16.5. The third-order valence-electron chi connectivity index (χ3n) is 6.90. The highest BCUT2D eigenvalue weighted by molar-refractivity contribution is 6.18. The Morgan fingerprint density at radius 1 is 1.29 bits per heavy atom. The van der Waals surface area contributed by atoms with Crippen molar-refractivity contribution in [3.05, 3.63) is 47.1 Å². The van der Waals surface area contributed by atoms with Gasteiger partial charge in [-0.25, -0.2) is 0 Å². The Morgan fingerprint density at radius 2 is 2.04 bits per heavy atom. The summed E-state index contributed by atoms with van der Waals surface area (Å²) >= 11 is 0. The second-order valence-corrected chi connectivity index (χ2v) is 9.17. The van der Waals surface area contributed by atoms with E-state index in [4.69, 9.17) is 9.47 Å². The standard InChI is InChI=1S/C23H24O5/c1-12(2)8-9-22-20(26)13-10-14-19(25)18-15(24)6-5-7-16(18)27-23(14,22)17(11-13)21(3,4)28-22/h5-8,10,13,17,24H,9,11H2,1-4H3/t13-,17+,22+,23-/m1/s1. The smallest absolute Gasteiger partial charge is 0.200 e. The van der Waals surface area contributed by atoms with Gasteiger partial charge in [0.05, 0.1) is 5.60 Å². The summed E-state index contributed by atoms with van der Waals surface area (Å²) < 4.78 is 13.1. The van der Waals surface area contributed by atoms with Crippen LogP contribution in [0.3, 0.4) is 0 Å². The first-order valence-electron chi connectivity index (χ1n) is 9.80. The van der Waals surface area contributed by atoms with Gasteiger partial charge in [-0.2, -0.15) is 0 Å². The maximum absolute atomic E-state index is 13.6. The number of hydrogen-bond acceptors (Lipinski definition) is 5. The molecular formula is C23H24O5. The number of aromatic hydroxyl groups is 1. The average Bonchev–Trinajstić information content (AvgIpc) is 2.77. The molecule has 5 aliphatic rings. The lowest BCUT2D eigenvalue weighted by atomic mass is 9.51. The number of rotatable bonds is 2. The lowest BCUT2D eigenvalue weighted by Gasteiger charge is -2.56. The molecule has 28 heavy (non-hydrogen) atoms. The minimum absolute atomic E-state index is 0.00743. The molecule has 1 saturated carbocycles. The van der Waals surface area contributed by atoms with Crippen LogP contribution in [0.15, 0.2) is 41.5 Å². The number of ether oxygens (including phenoxy) is 2. The summed E-state index contributed by atoms with van der Waals surface area (Å²) in [5, 5.41) is 10.3. The Hall–Kier alpha value is -2.40. The Balaban J connectivity index is 1.82. The molecule has 146 valence electrons. The van der Waals surface area contributed by atoms with E-state index < -0.39 is 16.8 Å². The van der Waals surface area contributed by atoms with E-state index in [2.05, 4.69) is 0 Å². The molecule has 6 rings (SSSR count). The molecule has 1 aromatic carbocycles. The third kappa shape index (κ3) is 1.81. The van der Waals surface area contributed by atoms with Gasteiger partial charge in [0, 0.05) is 23.8 Å². The van der Waals surface area contributed by atoms with Crippen molar-refractivity contribution in [3.63, 3.8) is 0 Å². The summed E-state index contributed by atoms with van der Waals surface area (Å²) in [7, 11) is 0. The number of carbonyl (C=O) groups excluding carboxylic acids is 2. The van der Waals surface area contributed by atoms with Crippen molar-refractivity contribution >= 4 is 11.6 Å². The van der Waals surface area contributed by atoms with Crippen LogP contribution in [0, 0.1) is 11.8 Å². The van der Waals surface area contributed by atoms with Gasteiger partial charge >= 0.3 is 0 Å². The average molecular weight is 380 g/mol. The summed E-state index contributed by atoms with van der Waals surface area (Å²) in [6.45, 7) is 7.92. The van der Waals surface area contributed by atoms with Gasteiger partial charge in [-0.05, 0) is 46.2 Å². The first kappa shape index (κ1) is 17.7. The molecule has 1 aromatic rings. The predicted octanol–water partition coefficient (Wildman–Crippen LogP) is 3.76. The Morgan fingerprint density at radius 3 is 2.75 bits per heavy atom. The number of allylic oxidation sites excluding steroid dienone is 2. The summed E-state index contributed by atoms with van der Waals surface area (Å²) in [6.07, 6.45) is 4.73. The van der Waals surface area contributed by atoms with Crippen molar-refractivity contribution in [1.29, 1.82) is 0 Å². The SMILES string of the molecule is CC(C)=CC[C@@]12OC(C)(C)[C@@H]3C[C@@H](C=C4C(=O)c5c(O)cccc5O[C@]431)C2=O. The van der Waals surface area contributed by atoms with Gasteiger partial charge in [0.15, 0.2) is 22.8 Å². The minimum atomic E-state index is -1.23. The van der Waals surface area contributed by atoms with Crippen molar-refractivity contribution in [3.8, 4) is 11.5 Å². The van der Waals surface area contributed by atoms with Crippen molar-refractivity contribution in [1.82, 2.24) is 0 Å². The molecule has 0 radical (unpaired) electrons. The Bertz CT molecular complexity index is 996. The topological polar surface area (TPSA) is 72.8 Å². The van der Waals surface area contributed by atoms with Crippen molar-refractivity contribution < 1.29 is 24.2 Å². The van der Waals surface area contributed by atoms with E-state index in [1.807, 2.05) is 33.8 Å². The van der Waals surface area contributed by atoms with Crippen LogP contribution in [0.4, 0.5) is 0 Å². The van der Waals surface area contributed by atoms with E-state index in [-0.39, 0.29) is 34.7 Å². The van der Waals surface area contributed by atoms with Crippen LogP contribution < -0.4 is 4.74 Å². The second-order valence-electron chi connectivity index (χ2n) is 9.17. The largest absolute Gasteiger partial charge is 0.507 e. The molecule has 2 heterocycles. The summed E-state index contributed by atoms with van der Waals surface area (Å²) in [5.74, 6) is -0.543. The molecule has 5 heteroatoms. The van der Waals surface area contributed by atoms with Crippen LogP contribution >= 0.6 is 0 Å². The fourth-order valence-corrected chi connectivity index (χ4v) is 5.82. The highest BCUT2D eigenvalue weighted by atomic mass is 16.6. The number of phenols is 1. The number of ketones is 2. The fraction of sp³-hybridized carbons (Fsp3) is 0.478. The van der Waals surface area contributed by atoms with Gasteiger partial charge in [-0.1, -0.05) is 23.8 Å². The molecule has 1 spiro atoms. The first-order chi connectivity index (χ1) is 13.1. The number of hydrogen-bond donors (Lipinski definition) is 1. The van der Waals surface area contributed by atoms with Crippen molar-refractivity contribution in [2.75, 3.05) is 0 Å². The van der Waals surface area contributed by atoms with Crippen LogP contribution in [-0.2, 0) is 9.53 Å². The molecule has 4 atom stereocenters. The van der Waals surface area contributed by atoms with Gasteiger partial charge < -0.3 is 14.6 Å². The molecule has 0 amide bonds. The van der Waals surface area contributed by atoms with Gasteiger partial charge in [-0.3, -0.25) is 9.59 Å². The normalized spacial score (nSPS) is 36.4. The molecule has 2 aliphatic heterocycles. The Kier molecular flexibility index (Phi) is 3.25. The molecule has 5 nitrogen and oxygen atoms in total. The maximum atomic E-state index is 13.6. The van der Waals surface area contributed by atoms with Crippen LogP contribution in [0.25, 0.3) is 0 Å². The van der Waals surface area contributed by atoms with E-state index in [1.54, 1.807) is 18.2 Å². The monoisotopic (exact) mass is 380 g/mol. The number of benzene rings is 1. The van der Waals surface area contributed by atoms with Gasteiger partial charge in [0.2, 0.25) is 0 Å². The quantitative estimate of drug-likeness (QED) is 0.791. The Labute approximate surface area is 164 Å². The highest BCUT2D eigenvalue weighted by Crippen LogP contribution is 2.67. The van der Waals surface area contributed by atoms with E-state index in [1.165, 1.54) is 6.07 Å². The summed E-state index contributed by atoms with van der Waals surface area (Å²) in [6, 6.07) is 4.82. The second kappa shape index (κ2) is 5.15. The van der Waals surface area contributed by atoms with E-state index >= 15 is 0 Å². The number of phenolic OH excluding ortho intramolecular Hbond substituents is 1. The maximum Gasteiger partial charge on any atom is 0.200 e. The van der Waals surface area contributed by atoms with Gasteiger partial charge in [0.1, 0.15) is 17.1 Å². The summed E-state index contributed by atoms with van der Waals surface area (Å²) in [4.78, 5) is 27.0. The highest BCUT2D eigenvalue weighted by Gasteiger charge is 2.81. The molecule has 0 aromatic heterocycles.